The molecule has 2 heterocycles. The Morgan fingerprint density at radius 3 is 3.00 bits per heavy atom. The first kappa shape index (κ1) is 15.1. The molecule has 0 bridgehead atoms. The smallest absolute Gasteiger partial charge is 0.306 e. The molecule has 0 N–H and O–H groups in total. The van der Waals surface area contributed by atoms with Gasteiger partial charge in [-0.1, -0.05) is 18.1 Å². The Labute approximate surface area is 125 Å². The van der Waals surface area contributed by atoms with Crippen molar-refractivity contribution >= 4 is 29.1 Å². The predicted molar refractivity (Wildman–Crippen MR) is 79.7 cm³/mol. The lowest BCUT2D eigenvalue weighted by Crippen LogP contribution is -2.09. The van der Waals surface area contributed by atoms with Crippen LogP contribution in [0.25, 0.3) is 10.7 Å². The topological polar surface area (TPSA) is 65.2 Å². The molecule has 0 radical (unpaired) electrons. The van der Waals surface area contributed by atoms with Crippen molar-refractivity contribution in [3.05, 3.63) is 23.4 Å². The summed E-state index contributed by atoms with van der Waals surface area (Å²) in [6.07, 6.45) is 0.372. The van der Waals surface area contributed by atoms with Crippen molar-refractivity contribution in [3.63, 3.8) is 0 Å². The molecule has 5 nitrogen and oxygen atoms in total. The minimum absolute atomic E-state index is 0.0378. The van der Waals surface area contributed by atoms with Crippen LogP contribution in [0, 0.1) is 0 Å². The molecule has 0 fully saturated rings. The summed E-state index contributed by atoms with van der Waals surface area (Å²) in [6, 6.07) is 3.91. The fraction of sp³-hybridized carbons (Fsp3) is 0.462. The van der Waals surface area contributed by atoms with Crippen molar-refractivity contribution in [2.45, 2.75) is 30.8 Å². The molecule has 2 aromatic rings. The van der Waals surface area contributed by atoms with Gasteiger partial charge in [-0.25, -0.2) is 0 Å². The first-order valence-corrected chi connectivity index (χ1v) is 8.02. The second-order valence-corrected chi connectivity index (χ2v) is 7.03. The number of carbonyl (C=O) groups is 1. The van der Waals surface area contributed by atoms with Crippen molar-refractivity contribution in [2.75, 3.05) is 7.11 Å². The minimum atomic E-state index is -0.206. The number of hydrogen-bond donors (Lipinski definition) is 0. The number of esters is 1. The van der Waals surface area contributed by atoms with Gasteiger partial charge in [-0.3, -0.25) is 4.79 Å². The van der Waals surface area contributed by atoms with E-state index in [1.165, 1.54) is 7.11 Å². The number of nitrogens with zero attached hydrogens (tertiary/aromatic N) is 2. The van der Waals surface area contributed by atoms with Crippen LogP contribution in [0.5, 0.6) is 0 Å². The van der Waals surface area contributed by atoms with Crippen LogP contribution in [0.2, 0.25) is 0 Å². The molecule has 0 amide bonds. The van der Waals surface area contributed by atoms with E-state index in [4.69, 9.17) is 4.52 Å². The fourth-order valence-corrected chi connectivity index (χ4v) is 3.47. The zero-order valence-electron chi connectivity index (χ0n) is 11.5. The number of methoxy groups -OCH3 is 1. The SMILES string of the molecule is COC(=O)CC(C)SC(C)c1nc(-c2cccs2)no1. The number of hydrogen-bond acceptors (Lipinski definition) is 7. The zero-order valence-corrected chi connectivity index (χ0v) is 13.2. The van der Waals surface area contributed by atoms with Gasteiger partial charge in [0.05, 0.1) is 23.7 Å². The first-order valence-electron chi connectivity index (χ1n) is 6.20. The minimum Gasteiger partial charge on any atom is -0.469 e. The van der Waals surface area contributed by atoms with Gasteiger partial charge in [-0.15, -0.1) is 23.1 Å². The summed E-state index contributed by atoms with van der Waals surface area (Å²) >= 11 is 3.19. The Bertz CT molecular complexity index is 554. The number of thioether (sulfide) groups is 1. The highest BCUT2D eigenvalue weighted by atomic mass is 32.2. The summed E-state index contributed by atoms with van der Waals surface area (Å²) in [5.41, 5.74) is 0. The van der Waals surface area contributed by atoms with E-state index in [0.29, 0.717) is 18.1 Å². The van der Waals surface area contributed by atoms with Gasteiger partial charge in [0.15, 0.2) is 0 Å². The third-order valence-electron chi connectivity index (χ3n) is 2.65. The molecule has 0 saturated carbocycles. The van der Waals surface area contributed by atoms with Gasteiger partial charge in [0.2, 0.25) is 11.7 Å². The molecule has 7 heteroatoms. The molecule has 0 aliphatic heterocycles. The average Bonchev–Trinajstić information content (AvgIpc) is 3.08. The number of rotatable bonds is 6. The Morgan fingerprint density at radius 2 is 2.35 bits per heavy atom. The van der Waals surface area contributed by atoms with Gasteiger partial charge in [-0.05, 0) is 18.4 Å². The first-order chi connectivity index (χ1) is 9.60. The molecular formula is C13H16N2O3S2. The van der Waals surface area contributed by atoms with Gasteiger partial charge in [0.25, 0.3) is 0 Å². The van der Waals surface area contributed by atoms with Gasteiger partial charge < -0.3 is 9.26 Å². The highest BCUT2D eigenvalue weighted by molar-refractivity contribution is 8.00. The van der Waals surface area contributed by atoms with Gasteiger partial charge in [-0.2, -0.15) is 4.98 Å². The maximum absolute atomic E-state index is 11.2. The van der Waals surface area contributed by atoms with Crippen LogP contribution in [0.4, 0.5) is 0 Å². The lowest BCUT2D eigenvalue weighted by Gasteiger charge is -2.12. The third-order valence-corrected chi connectivity index (χ3v) is 4.76. The number of carbonyl (C=O) groups excluding carboxylic acids is 1. The molecule has 2 rings (SSSR count). The van der Waals surface area contributed by atoms with E-state index < -0.39 is 0 Å². The number of ether oxygens (including phenoxy) is 1. The van der Waals surface area contributed by atoms with Crippen molar-refractivity contribution in [1.82, 2.24) is 10.1 Å². The molecule has 2 aromatic heterocycles. The molecule has 0 spiro atoms. The van der Waals surface area contributed by atoms with Crippen molar-refractivity contribution < 1.29 is 14.1 Å². The van der Waals surface area contributed by atoms with Crippen LogP contribution in [0.1, 0.15) is 31.4 Å². The quantitative estimate of drug-likeness (QED) is 0.760. The largest absolute Gasteiger partial charge is 0.469 e. The summed E-state index contributed by atoms with van der Waals surface area (Å²) in [7, 11) is 1.40. The van der Waals surface area contributed by atoms with Crippen LogP contribution in [0.3, 0.4) is 0 Å². The van der Waals surface area contributed by atoms with Crippen LogP contribution in [-0.2, 0) is 9.53 Å². The van der Waals surface area contributed by atoms with E-state index in [0.717, 1.165) is 4.88 Å². The zero-order chi connectivity index (χ0) is 14.5. The highest BCUT2D eigenvalue weighted by Crippen LogP contribution is 2.33. The van der Waals surface area contributed by atoms with E-state index >= 15 is 0 Å². The van der Waals surface area contributed by atoms with Crippen LogP contribution in [-0.4, -0.2) is 28.5 Å². The van der Waals surface area contributed by atoms with Crippen molar-refractivity contribution in [1.29, 1.82) is 0 Å². The molecular weight excluding hydrogens is 296 g/mol. The standard InChI is InChI=1S/C13H16N2O3S2/c1-8(7-11(16)17-3)20-9(2)13-14-12(15-18-13)10-5-4-6-19-10/h4-6,8-9H,7H2,1-3H3. The summed E-state index contributed by atoms with van der Waals surface area (Å²) in [4.78, 5) is 16.6. The van der Waals surface area contributed by atoms with Crippen LogP contribution >= 0.6 is 23.1 Å². The second-order valence-electron chi connectivity index (χ2n) is 4.30. The normalized spacial score (nSPS) is 13.9. The second kappa shape index (κ2) is 6.90. The Kier molecular flexibility index (Phi) is 5.19. The van der Waals surface area contributed by atoms with E-state index in [2.05, 4.69) is 14.9 Å². The van der Waals surface area contributed by atoms with E-state index in [-0.39, 0.29) is 16.5 Å². The number of thiophene rings is 1. The van der Waals surface area contributed by atoms with Gasteiger partial charge >= 0.3 is 5.97 Å². The van der Waals surface area contributed by atoms with Crippen LogP contribution in [0.15, 0.2) is 22.0 Å². The summed E-state index contributed by atoms with van der Waals surface area (Å²) in [6.45, 7) is 3.97. The summed E-state index contributed by atoms with van der Waals surface area (Å²) in [5, 5.41) is 6.13. The molecule has 108 valence electrons. The van der Waals surface area contributed by atoms with Crippen LogP contribution < -0.4 is 0 Å². The molecule has 0 aromatic carbocycles. The fourth-order valence-electron chi connectivity index (χ4n) is 1.68. The predicted octanol–water partition coefficient (Wildman–Crippen LogP) is 3.54. The lowest BCUT2D eigenvalue weighted by atomic mass is 10.3. The van der Waals surface area contributed by atoms with Gasteiger partial charge in [0, 0.05) is 5.25 Å². The van der Waals surface area contributed by atoms with E-state index in [1.807, 2.05) is 31.4 Å². The Hall–Kier alpha value is -1.34. The lowest BCUT2D eigenvalue weighted by molar-refractivity contribution is -0.140. The Balaban J connectivity index is 1.96. The summed E-state index contributed by atoms with van der Waals surface area (Å²) < 4.78 is 9.95. The van der Waals surface area contributed by atoms with E-state index in [9.17, 15) is 4.79 Å². The van der Waals surface area contributed by atoms with Gasteiger partial charge in [0.1, 0.15) is 0 Å². The Morgan fingerprint density at radius 1 is 1.55 bits per heavy atom. The molecule has 2 unspecified atom stereocenters. The van der Waals surface area contributed by atoms with Crippen molar-refractivity contribution in [2.24, 2.45) is 0 Å². The monoisotopic (exact) mass is 312 g/mol. The maximum atomic E-state index is 11.2. The van der Waals surface area contributed by atoms with Crippen molar-refractivity contribution in [3.8, 4) is 10.7 Å². The third kappa shape index (κ3) is 3.83. The molecule has 2 atom stereocenters. The molecule has 0 saturated heterocycles. The van der Waals surface area contributed by atoms with E-state index in [1.54, 1.807) is 23.1 Å². The maximum Gasteiger partial charge on any atom is 0.306 e. The average molecular weight is 312 g/mol. The molecule has 0 aliphatic rings. The molecule has 0 aliphatic carbocycles. The summed E-state index contributed by atoms with van der Waals surface area (Å²) in [5.74, 6) is 0.986. The highest BCUT2D eigenvalue weighted by Gasteiger charge is 2.20. The number of aromatic nitrogens is 2. The molecule has 20 heavy (non-hydrogen) atoms.